The minimum absolute atomic E-state index is 0.110. The maximum absolute atomic E-state index is 13.6. The lowest BCUT2D eigenvalue weighted by Gasteiger charge is -2.16. The lowest BCUT2D eigenvalue weighted by molar-refractivity contribution is 0.543. The third-order valence-corrected chi connectivity index (χ3v) is 3.86. The first-order valence-electron chi connectivity index (χ1n) is 6.09. The normalized spacial score (nSPS) is 12.4. The van der Waals surface area contributed by atoms with Gasteiger partial charge in [0.15, 0.2) is 0 Å². The zero-order valence-corrected chi connectivity index (χ0v) is 13.1. The van der Waals surface area contributed by atoms with Crippen LogP contribution in [0.5, 0.6) is 0 Å². The van der Waals surface area contributed by atoms with Crippen LogP contribution in [0.4, 0.5) is 8.78 Å². The van der Waals surface area contributed by atoms with Gasteiger partial charge in [0.1, 0.15) is 11.6 Å². The summed E-state index contributed by atoms with van der Waals surface area (Å²) in [5.41, 5.74) is 1.34. The fraction of sp³-hybridized carbons (Fsp3) is 0.200. The average molecular weight is 361 g/mol. The van der Waals surface area contributed by atoms with Gasteiger partial charge in [-0.3, -0.25) is 0 Å². The molecule has 1 unspecified atom stereocenters. The van der Waals surface area contributed by atoms with Crippen LogP contribution in [-0.2, 0) is 6.54 Å². The SMILES string of the molecule is CC(NCc1cc(Br)ccc1F)c1ccc(F)cc1Cl. The van der Waals surface area contributed by atoms with Gasteiger partial charge in [0.25, 0.3) is 0 Å². The van der Waals surface area contributed by atoms with Crippen LogP contribution in [0.3, 0.4) is 0 Å². The van der Waals surface area contributed by atoms with Gasteiger partial charge in [-0.25, -0.2) is 8.78 Å². The number of rotatable bonds is 4. The molecular formula is C15H13BrClF2N. The maximum Gasteiger partial charge on any atom is 0.127 e. The lowest BCUT2D eigenvalue weighted by Crippen LogP contribution is -2.19. The Morgan fingerprint density at radius 1 is 1.20 bits per heavy atom. The first-order chi connectivity index (χ1) is 9.47. The summed E-state index contributed by atoms with van der Waals surface area (Å²) >= 11 is 9.31. The summed E-state index contributed by atoms with van der Waals surface area (Å²) in [5, 5.41) is 3.54. The van der Waals surface area contributed by atoms with Gasteiger partial charge in [-0.05, 0) is 42.8 Å². The second-order valence-electron chi connectivity index (χ2n) is 4.50. The number of nitrogens with one attached hydrogen (secondary N) is 1. The molecule has 0 amide bonds. The van der Waals surface area contributed by atoms with Crippen LogP contribution < -0.4 is 5.32 Å². The van der Waals surface area contributed by atoms with Gasteiger partial charge in [0.05, 0.1) is 0 Å². The molecule has 1 nitrogen and oxygen atoms in total. The summed E-state index contributed by atoms with van der Waals surface area (Å²) in [6.45, 7) is 2.26. The van der Waals surface area contributed by atoms with Gasteiger partial charge in [-0.2, -0.15) is 0 Å². The second-order valence-corrected chi connectivity index (χ2v) is 5.83. The molecule has 0 heterocycles. The van der Waals surface area contributed by atoms with E-state index in [0.29, 0.717) is 17.1 Å². The third kappa shape index (κ3) is 3.78. The Morgan fingerprint density at radius 3 is 2.65 bits per heavy atom. The maximum atomic E-state index is 13.6. The first kappa shape index (κ1) is 15.4. The first-order valence-corrected chi connectivity index (χ1v) is 7.26. The van der Waals surface area contributed by atoms with Crippen LogP contribution in [-0.4, -0.2) is 0 Å². The molecule has 0 spiro atoms. The van der Waals surface area contributed by atoms with Crippen LogP contribution in [0.15, 0.2) is 40.9 Å². The van der Waals surface area contributed by atoms with E-state index in [1.165, 1.54) is 18.2 Å². The molecule has 2 aromatic rings. The van der Waals surface area contributed by atoms with Crippen molar-refractivity contribution in [2.45, 2.75) is 19.5 Å². The fourth-order valence-electron chi connectivity index (χ4n) is 1.90. The van der Waals surface area contributed by atoms with E-state index >= 15 is 0 Å². The molecule has 1 atom stereocenters. The number of hydrogen-bond donors (Lipinski definition) is 1. The zero-order chi connectivity index (χ0) is 14.7. The summed E-state index contributed by atoms with van der Waals surface area (Å²) in [4.78, 5) is 0. The highest BCUT2D eigenvalue weighted by Crippen LogP contribution is 2.24. The molecule has 0 aliphatic heterocycles. The van der Waals surface area contributed by atoms with Crippen molar-refractivity contribution in [1.29, 1.82) is 0 Å². The van der Waals surface area contributed by atoms with Crippen LogP contribution in [0.1, 0.15) is 24.1 Å². The van der Waals surface area contributed by atoms with E-state index in [2.05, 4.69) is 21.2 Å². The van der Waals surface area contributed by atoms with Crippen molar-refractivity contribution < 1.29 is 8.78 Å². The molecule has 0 saturated heterocycles. The Balaban J connectivity index is 2.08. The smallest absolute Gasteiger partial charge is 0.127 e. The monoisotopic (exact) mass is 359 g/mol. The molecule has 0 saturated carbocycles. The standard InChI is InChI=1S/C15H13BrClF2N/c1-9(13-4-3-12(18)7-14(13)17)20-8-10-6-11(16)2-5-15(10)19/h2-7,9,20H,8H2,1H3. The molecule has 0 aliphatic rings. The van der Waals surface area contributed by atoms with Crippen molar-refractivity contribution in [3.63, 3.8) is 0 Å². The topological polar surface area (TPSA) is 12.0 Å². The van der Waals surface area contributed by atoms with E-state index in [1.54, 1.807) is 18.2 Å². The van der Waals surface area contributed by atoms with Crippen molar-refractivity contribution in [3.8, 4) is 0 Å². The van der Waals surface area contributed by atoms with Crippen molar-refractivity contribution in [2.24, 2.45) is 0 Å². The summed E-state index contributed by atoms with van der Waals surface area (Å²) < 4.78 is 27.4. The summed E-state index contributed by atoms with van der Waals surface area (Å²) in [6, 6.07) is 8.94. The van der Waals surface area contributed by atoms with E-state index in [0.717, 1.165) is 10.0 Å². The molecule has 20 heavy (non-hydrogen) atoms. The Bertz CT molecular complexity index is 619. The Kier molecular flexibility index (Phi) is 5.13. The van der Waals surface area contributed by atoms with Gasteiger partial charge < -0.3 is 5.32 Å². The highest BCUT2D eigenvalue weighted by molar-refractivity contribution is 9.10. The Morgan fingerprint density at radius 2 is 1.95 bits per heavy atom. The van der Waals surface area contributed by atoms with E-state index in [9.17, 15) is 8.78 Å². The molecule has 1 N–H and O–H groups in total. The largest absolute Gasteiger partial charge is 0.306 e. The molecule has 5 heteroatoms. The van der Waals surface area contributed by atoms with Crippen LogP contribution in [0.2, 0.25) is 5.02 Å². The zero-order valence-electron chi connectivity index (χ0n) is 10.8. The van der Waals surface area contributed by atoms with Crippen LogP contribution >= 0.6 is 27.5 Å². The quantitative estimate of drug-likeness (QED) is 0.787. The molecular weight excluding hydrogens is 348 g/mol. The number of hydrogen-bond acceptors (Lipinski definition) is 1. The summed E-state index contributed by atoms with van der Waals surface area (Å²) in [6.07, 6.45) is 0. The minimum Gasteiger partial charge on any atom is -0.306 e. The van der Waals surface area contributed by atoms with E-state index in [4.69, 9.17) is 11.6 Å². The third-order valence-electron chi connectivity index (χ3n) is 3.04. The average Bonchev–Trinajstić information content (AvgIpc) is 2.39. The van der Waals surface area contributed by atoms with Gasteiger partial charge in [-0.15, -0.1) is 0 Å². The molecule has 0 fully saturated rings. The van der Waals surface area contributed by atoms with E-state index < -0.39 is 0 Å². The Hall–Kier alpha value is -0.970. The fourth-order valence-corrected chi connectivity index (χ4v) is 2.64. The highest BCUT2D eigenvalue weighted by Gasteiger charge is 2.11. The minimum atomic E-state index is -0.371. The van der Waals surface area contributed by atoms with E-state index in [1.807, 2.05) is 6.92 Å². The van der Waals surface area contributed by atoms with Crippen molar-refractivity contribution >= 4 is 27.5 Å². The van der Waals surface area contributed by atoms with Crippen molar-refractivity contribution in [3.05, 3.63) is 68.7 Å². The molecule has 0 aromatic heterocycles. The molecule has 106 valence electrons. The van der Waals surface area contributed by atoms with Gasteiger partial charge in [0, 0.05) is 27.6 Å². The van der Waals surface area contributed by atoms with Crippen LogP contribution in [0, 0.1) is 11.6 Å². The number of benzene rings is 2. The van der Waals surface area contributed by atoms with Gasteiger partial charge in [-0.1, -0.05) is 33.6 Å². The lowest BCUT2D eigenvalue weighted by atomic mass is 10.1. The van der Waals surface area contributed by atoms with Gasteiger partial charge >= 0.3 is 0 Å². The molecule has 0 aliphatic carbocycles. The van der Waals surface area contributed by atoms with Crippen molar-refractivity contribution in [2.75, 3.05) is 0 Å². The van der Waals surface area contributed by atoms with Crippen LogP contribution in [0.25, 0.3) is 0 Å². The molecule has 0 radical (unpaired) electrons. The molecule has 2 aromatic carbocycles. The summed E-state index contributed by atoms with van der Waals surface area (Å²) in [7, 11) is 0. The van der Waals surface area contributed by atoms with Gasteiger partial charge in [0.2, 0.25) is 0 Å². The van der Waals surface area contributed by atoms with Crippen molar-refractivity contribution in [1.82, 2.24) is 5.32 Å². The molecule has 2 rings (SSSR count). The summed E-state index contributed by atoms with van der Waals surface area (Å²) in [5.74, 6) is -0.637. The number of halogens is 4. The predicted molar refractivity (Wildman–Crippen MR) is 80.8 cm³/mol. The highest BCUT2D eigenvalue weighted by atomic mass is 79.9. The Labute approximate surface area is 130 Å². The second kappa shape index (κ2) is 6.66. The van der Waals surface area contributed by atoms with E-state index in [-0.39, 0.29) is 17.7 Å². The predicted octanol–water partition coefficient (Wildman–Crippen LogP) is 5.23. The molecule has 0 bridgehead atoms.